The highest BCUT2D eigenvalue weighted by Crippen LogP contribution is 2.29. The van der Waals surface area contributed by atoms with E-state index in [2.05, 4.69) is 39.6 Å². The first kappa shape index (κ1) is 20.8. The molecule has 0 aliphatic heterocycles. The third-order valence-corrected chi connectivity index (χ3v) is 5.13. The Bertz CT molecular complexity index is 1230. The largest absolute Gasteiger partial charge is 0.364 e. The van der Waals surface area contributed by atoms with Gasteiger partial charge in [0.2, 0.25) is 0 Å². The minimum absolute atomic E-state index is 0.0420. The lowest BCUT2D eigenvalue weighted by Gasteiger charge is -2.10. The summed E-state index contributed by atoms with van der Waals surface area (Å²) in [6.45, 7) is 4.12. The molecule has 31 heavy (non-hydrogen) atoms. The molecule has 0 unspecified atom stereocenters. The van der Waals surface area contributed by atoms with E-state index in [0.29, 0.717) is 21.4 Å². The van der Waals surface area contributed by atoms with Crippen LogP contribution in [0.1, 0.15) is 30.4 Å². The van der Waals surface area contributed by atoms with Crippen molar-refractivity contribution in [1.82, 2.24) is 29.8 Å². The Labute approximate surface area is 187 Å². The van der Waals surface area contributed by atoms with E-state index in [4.69, 9.17) is 28.9 Å². The van der Waals surface area contributed by atoms with Crippen molar-refractivity contribution in [3.05, 3.63) is 64.5 Å². The van der Waals surface area contributed by atoms with Crippen LogP contribution in [-0.2, 0) is 0 Å². The molecule has 0 saturated heterocycles. The van der Waals surface area contributed by atoms with Crippen LogP contribution in [0.3, 0.4) is 0 Å². The minimum atomic E-state index is -0.737. The lowest BCUT2D eigenvalue weighted by atomic mass is 10.2. The van der Waals surface area contributed by atoms with E-state index in [0.717, 1.165) is 11.4 Å². The van der Waals surface area contributed by atoms with Gasteiger partial charge in [-0.25, -0.2) is 0 Å². The third kappa shape index (κ3) is 4.10. The molecule has 0 fully saturated rings. The molecule has 0 aliphatic rings. The van der Waals surface area contributed by atoms with E-state index in [1.165, 1.54) is 4.80 Å². The lowest BCUT2D eigenvalue weighted by molar-refractivity contribution is 0.0996. The lowest BCUT2D eigenvalue weighted by Crippen LogP contribution is -2.14. The SMILES string of the molecule is CC(C)n1cnnc1-c1ccc(Nc2nn(-c3c(Cl)cccc3Cl)nc2C(N)=O)cc1. The first-order chi connectivity index (χ1) is 14.8. The number of hydrogen-bond acceptors (Lipinski definition) is 6. The normalized spacial score (nSPS) is 11.1. The van der Waals surface area contributed by atoms with Gasteiger partial charge in [0.15, 0.2) is 17.3 Å². The number of halogens is 2. The fourth-order valence-electron chi connectivity index (χ4n) is 3.00. The van der Waals surface area contributed by atoms with Crippen molar-refractivity contribution in [3.8, 4) is 17.1 Å². The van der Waals surface area contributed by atoms with Gasteiger partial charge < -0.3 is 15.6 Å². The van der Waals surface area contributed by atoms with Crippen LogP contribution in [0.4, 0.5) is 11.5 Å². The number of anilines is 2. The van der Waals surface area contributed by atoms with Crippen molar-refractivity contribution >= 4 is 40.6 Å². The molecule has 4 aromatic rings. The molecule has 0 atom stereocenters. The molecule has 1 amide bonds. The maximum atomic E-state index is 11.9. The summed E-state index contributed by atoms with van der Waals surface area (Å²) in [6, 6.07) is 12.7. The van der Waals surface area contributed by atoms with Gasteiger partial charge in [0, 0.05) is 17.3 Å². The minimum Gasteiger partial charge on any atom is -0.364 e. The van der Waals surface area contributed by atoms with Gasteiger partial charge in [-0.1, -0.05) is 29.3 Å². The molecule has 0 aliphatic carbocycles. The van der Waals surface area contributed by atoms with Gasteiger partial charge in [-0.15, -0.1) is 25.2 Å². The zero-order chi connectivity index (χ0) is 22.1. The molecule has 0 saturated carbocycles. The van der Waals surface area contributed by atoms with Crippen LogP contribution in [0.25, 0.3) is 17.1 Å². The zero-order valence-corrected chi connectivity index (χ0v) is 18.1. The monoisotopic (exact) mass is 456 g/mol. The summed E-state index contributed by atoms with van der Waals surface area (Å²) < 4.78 is 1.98. The summed E-state index contributed by atoms with van der Waals surface area (Å²) in [5.41, 5.74) is 7.38. The molecule has 0 spiro atoms. The maximum absolute atomic E-state index is 11.9. The summed E-state index contributed by atoms with van der Waals surface area (Å²) >= 11 is 12.5. The first-order valence-electron chi connectivity index (χ1n) is 9.33. The smallest absolute Gasteiger partial charge is 0.273 e. The molecule has 4 rings (SSSR count). The predicted octanol–water partition coefficient (Wildman–Crippen LogP) is 4.26. The number of carbonyl (C=O) groups excluding carboxylic acids is 1. The zero-order valence-electron chi connectivity index (χ0n) is 16.6. The summed E-state index contributed by atoms with van der Waals surface area (Å²) in [6.07, 6.45) is 1.70. The number of aromatic nitrogens is 6. The van der Waals surface area contributed by atoms with E-state index in [9.17, 15) is 4.79 Å². The molecule has 11 heteroatoms. The second kappa shape index (κ2) is 8.37. The van der Waals surface area contributed by atoms with Crippen molar-refractivity contribution in [3.63, 3.8) is 0 Å². The molecular weight excluding hydrogens is 439 g/mol. The second-order valence-corrected chi connectivity index (χ2v) is 7.79. The highest BCUT2D eigenvalue weighted by molar-refractivity contribution is 6.37. The Morgan fingerprint density at radius 2 is 1.74 bits per heavy atom. The first-order valence-corrected chi connectivity index (χ1v) is 10.1. The Balaban J connectivity index is 1.66. The summed E-state index contributed by atoms with van der Waals surface area (Å²) in [5.74, 6) is 0.207. The number of nitrogens with one attached hydrogen (secondary N) is 1. The van der Waals surface area contributed by atoms with E-state index in [-0.39, 0.29) is 17.6 Å². The fraction of sp³-hybridized carbons (Fsp3) is 0.150. The van der Waals surface area contributed by atoms with E-state index >= 15 is 0 Å². The molecule has 158 valence electrons. The molecule has 2 aromatic heterocycles. The van der Waals surface area contributed by atoms with Crippen LogP contribution in [-0.4, -0.2) is 35.7 Å². The average Bonchev–Trinajstić information content (AvgIpc) is 3.36. The van der Waals surface area contributed by atoms with Crippen molar-refractivity contribution in [2.75, 3.05) is 5.32 Å². The molecular formula is C20H18Cl2N8O. The number of carbonyl (C=O) groups is 1. The maximum Gasteiger partial charge on any atom is 0.273 e. The molecule has 0 bridgehead atoms. The summed E-state index contributed by atoms with van der Waals surface area (Å²) in [5, 5.41) is 20.4. The van der Waals surface area contributed by atoms with Crippen LogP contribution in [0, 0.1) is 0 Å². The van der Waals surface area contributed by atoms with Crippen LogP contribution in [0.15, 0.2) is 48.8 Å². The Morgan fingerprint density at radius 1 is 1.06 bits per heavy atom. The molecule has 2 heterocycles. The number of hydrogen-bond donors (Lipinski definition) is 2. The average molecular weight is 457 g/mol. The quantitative estimate of drug-likeness (QED) is 0.447. The van der Waals surface area contributed by atoms with Crippen molar-refractivity contribution < 1.29 is 4.79 Å². The number of rotatable bonds is 6. The number of nitrogens with zero attached hydrogens (tertiary/aromatic N) is 6. The van der Waals surface area contributed by atoms with Gasteiger partial charge in [0.25, 0.3) is 5.91 Å². The number of nitrogens with two attached hydrogens (primary N) is 1. The topological polar surface area (TPSA) is 117 Å². The molecule has 2 aromatic carbocycles. The number of primary amides is 1. The van der Waals surface area contributed by atoms with Crippen molar-refractivity contribution in [2.24, 2.45) is 5.73 Å². The van der Waals surface area contributed by atoms with Crippen LogP contribution < -0.4 is 11.1 Å². The highest BCUT2D eigenvalue weighted by Gasteiger charge is 2.20. The van der Waals surface area contributed by atoms with Crippen LogP contribution in [0.5, 0.6) is 0 Å². The molecule has 9 nitrogen and oxygen atoms in total. The predicted molar refractivity (Wildman–Crippen MR) is 119 cm³/mol. The highest BCUT2D eigenvalue weighted by atomic mass is 35.5. The van der Waals surface area contributed by atoms with E-state index < -0.39 is 5.91 Å². The van der Waals surface area contributed by atoms with Gasteiger partial charge in [-0.05, 0) is 50.2 Å². The Morgan fingerprint density at radius 3 is 2.35 bits per heavy atom. The number of para-hydroxylation sites is 1. The number of benzene rings is 2. The standard InChI is InChI=1S/C20H18Cl2N8O/c1-11(2)29-10-24-26-20(29)12-6-8-13(9-7-12)25-19-16(18(23)31)27-30(28-19)17-14(21)4-3-5-15(17)22/h3-11H,1-2H3,(H2,23,31)(H,25,28). The Kier molecular flexibility index (Phi) is 5.62. The van der Waals surface area contributed by atoms with Gasteiger partial charge in [0.1, 0.15) is 12.0 Å². The van der Waals surface area contributed by atoms with Crippen LogP contribution >= 0.6 is 23.2 Å². The fourth-order valence-corrected chi connectivity index (χ4v) is 3.55. The van der Waals surface area contributed by atoms with Crippen LogP contribution in [0.2, 0.25) is 10.0 Å². The van der Waals surface area contributed by atoms with Gasteiger partial charge >= 0.3 is 0 Å². The summed E-state index contributed by atoms with van der Waals surface area (Å²) in [7, 11) is 0. The third-order valence-electron chi connectivity index (χ3n) is 4.52. The molecule has 0 radical (unpaired) electrons. The van der Waals surface area contributed by atoms with Crippen molar-refractivity contribution in [2.45, 2.75) is 19.9 Å². The van der Waals surface area contributed by atoms with Gasteiger partial charge in [0.05, 0.1) is 10.0 Å². The number of amides is 1. The Hall–Kier alpha value is -3.43. The van der Waals surface area contributed by atoms with E-state index in [1.54, 1.807) is 24.5 Å². The molecule has 3 N–H and O–H groups in total. The van der Waals surface area contributed by atoms with Gasteiger partial charge in [-0.3, -0.25) is 4.79 Å². The second-order valence-electron chi connectivity index (χ2n) is 6.98. The summed E-state index contributed by atoms with van der Waals surface area (Å²) in [4.78, 5) is 13.1. The van der Waals surface area contributed by atoms with Gasteiger partial charge in [-0.2, -0.15) is 0 Å². The van der Waals surface area contributed by atoms with E-state index in [1.807, 2.05) is 28.8 Å². The van der Waals surface area contributed by atoms with Crippen molar-refractivity contribution in [1.29, 1.82) is 0 Å².